The lowest BCUT2D eigenvalue weighted by molar-refractivity contribution is -0.164. The van der Waals surface area contributed by atoms with E-state index in [1.807, 2.05) is 39.8 Å². The molecule has 28 heavy (non-hydrogen) atoms. The van der Waals surface area contributed by atoms with Gasteiger partial charge in [-0.1, -0.05) is 24.3 Å². The molecule has 4 nitrogen and oxygen atoms in total. The van der Waals surface area contributed by atoms with Crippen LogP contribution >= 0.6 is 0 Å². The second-order valence-corrected chi connectivity index (χ2v) is 8.40. The van der Waals surface area contributed by atoms with Crippen LogP contribution in [0.1, 0.15) is 62.3 Å². The zero-order valence-electron chi connectivity index (χ0n) is 17.7. The van der Waals surface area contributed by atoms with E-state index in [4.69, 9.17) is 14.2 Å². The summed E-state index contributed by atoms with van der Waals surface area (Å²) in [5.41, 5.74) is 4.86. The molecule has 0 heterocycles. The molecule has 0 radical (unpaired) electrons. The first-order valence-corrected chi connectivity index (χ1v) is 9.78. The number of carbonyl (C=O) groups is 1. The average Bonchev–Trinajstić information content (AvgIpc) is 3.50. The van der Waals surface area contributed by atoms with Crippen molar-refractivity contribution < 1.29 is 19.0 Å². The predicted octanol–water partition coefficient (Wildman–Crippen LogP) is 5.58. The van der Waals surface area contributed by atoms with Crippen molar-refractivity contribution in [2.24, 2.45) is 0 Å². The summed E-state index contributed by atoms with van der Waals surface area (Å²) in [6.07, 6.45) is 1.57. The summed E-state index contributed by atoms with van der Waals surface area (Å²) in [6, 6.07) is 12.3. The van der Waals surface area contributed by atoms with Crippen molar-refractivity contribution in [2.75, 3.05) is 14.2 Å². The van der Waals surface area contributed by atoms with Gasteiger partial charge < -0.3 is 14.2 Å². The van der Waals surface area contributed by atoms with Crippen molar-refractivity contribution in [1.29, 1.82) is 0 Å². The fourth-order valence-corrected chi connectivity index (χ4v) is 3.58. The number of hydrogen-bond acceptors (Lipinski definition) is 4. The van der Waals surface area contributed by atoms with Gasteiger partial charge in [0.15, 0.2) is 6.10 Å². The van der Waals surface area contributed by atoms with Crippen LogP contribution in [0, 0.1) is 6.92 Å². The molecule has 4 heteroatoms. The van der Waals surface area contributed by atoms with Gasteiger partial charge >= 0.3 is 5.97 Å². The minimum atomic E-state index is -0.777. The van der Waals surface area contributed by atoms with Gasteiger partial charge in [0, 0.05) is 5.56 Å². The maximum atomic E-state index is 12.8. The Kier molecular flexibility index (Phi) is 5.80. The summed E-state index contributed by atoms with van der Waals surface area (Å²) in [6.45, 7) is 7.89. The van der Waals surface area contributed by atoms with Gasteiger partial charge in [-0.05, 0) is 80.8 Å². The molecule has 0 spiro atoms. The fraction of sp³-hybridized carbons (Fsp3) is 0.458. The van der Waals surface area contributed by atoms with Gasteiger partial charge in [-0.15, -0.1) is 0 Å². The van der Waals surface area contributed by atoms with Gasteiger partial charge in [-0.3, -0.25) is 0 Å². The maximum Gasteiger partial charge on any atom is 0.339 e. The van der Waals surface area contributed by atoms with Gasteiger partial charge in [-0.2, -0.15) is 0 Å². The van der Waals surface area contributed by atoms with E-state index in [1.165, 1.54) is 25.5 Å². The maximum absolute atomic E-state index is 12.8. The molecule has 0 aliphatic heterocycles. The van der Waals surface area contributed by atoms with Gasteiger partial charge in [0.2, 0.25) is 0 Å². The number of rotatable bonds is 6. The van der Waals surface area contributed by atoms with E-state index in [9.17, 15) is 4.79 Å². The number of carbonyl (C=O) groups excluding carboxylic acids is 1. The van der Waals surface area contributed by atoms with Crippen LogP contribution in [-0.2, 0) is 14.3 Å². The van der Waals surface area contributed by atoms with Crippen molar-refractivity contribution in [3.05, 3.63) is 53.1 Å². The van der Waals surface area contributed by atoms with Crippen LogP contribution in [0.15, 0.2) is 36.4 Å². The Morgan fingerprint density at radius 1 is 1.04 bits per heavy atom. The van der Waals surface area contributed by atoms with E-state index >= 15 is 0 Å². The molecule has 150 valence electrons. The largest absolute Gasteiger partial charge is 0.497 e. The third-order valence-corrected chi connectivity index (χ3v) is 5.04. The van der Waals surface area contributed by atoms with Crippen LogP contribution in [0.2, 0.25) is 0 Å². The minimum absolute atomic E-state index is 0.374. The van der Waals surface area contributed by atoms with Crippen LogP contribution in [0.3, 0.4) is 0 Å². The summed E-state index contributed by atoms with van der Waals surface area (Å²) >= 11 is 0. The summed E-state index contributed by atoms with van der Waals surface area (Å²) in [4.78, 5) is 12.8. The standard InChI is InChI=1S/C24H30O4/c1-15-7-14-19(16-8-9-16)21(17-10-12-18(26-5)13-11-17)20(15)22(23(25)27-6)28-24(2,3)4/h7,10-14,16,22H,8-9H2,1-6H3. The lowest BCUT2D eigenvalue weighted by Crippen LogP contribution is -2.29. The van der Waals surface area contributed by atoms with E-state index in [2.05, 4.69) is 24.3 Å². The Bertz CT molecular complexity index is 842. The molecular formula is C24H30O4. The van der Waals surface area contributed by atoms with Crippen LogP contribution in [0.25, 0.3) is 11.1 Å². The van der Waals surface area contributed by atoms with Crippen LogP contribution < -0.4 is 4.74 Å². The second kappa shape index (κ2) is 7.96. The molecule has 0 N–H and O–H groups in total. The SMILES string of the molecule is COC(=O)C(OC(C)(C)C)c1c(C)ccc(C2CC2)c1-c1ccc(OC)cc1. The van der Waals surface area contributed by atoms with Crippen molar-refractivity contribution >= 4 is 5.97 Å². The van der Waals surface area contributed by atoms with Crippen molar-refractivity contribution in [3.8, 4) is 16.9 Å². The normalized spacial score (nSPS) is 15.2. The quantitative estimate of drug-likeness (QED) is 0.612. The van der Waals surface area contributed by atoms with E-state index in [0.717, 1.165) is 28.0 Å². The molecule has 3 rings (SSSR count). The molecule has 1 unspecified atom stereocenters. The predicted molar refractivity (Wildman–Crippen MR) is 111 cm³/mol. The zero-order chi connectivity index (χ0) is 20.5. The van der Waals surface area contributed by atoms with Crippen LogP contribution in [0.5, 0.6) is 5.75 Å². The number of methoxy groups -OCH3 is 2. The summed E-state index contributed by atoms with van der Waals surface area (Å²) < 4.78 is 16.7. The Morgan fingerprint density at radius 3 is 2.18 bits per heavy atom. The Labute approximate surface area is 167 Å². The molecule has 0 amide bonds. The molecule has 1 aliphatic carbocycles. The van der Waals surface area contributed by atoms with Crippen molar-refractivity contribution in [1.82, 2.24) is 0 Å². The summed E-state index contributed by atoms with van der Waals surface area (Å²) in [5.74, 6) is 0.964. The first kappa shape index (κ1) is 20.4. The first-order valence-electron chi connectivity index (χ1n) is 9.78. The third-order valence-electron chi connectivity index (χ3n) is 5.04. The zero-order valence-corrected chi connectivity index (χ0v) is 17.7. The molecule has 1 atom stereocenters. The average molecular weight is 383 g/mol. The Morgan fingerprint density at radius 2 is 1.68 bits per heavy atom. The highest BCUT2D eigenvalue weighted by molar-refractivity contribution is 5.84. The van der Waals surface area contributed by atoms with Gasteiger partial charge in [-0.25, -0.2) is 4.79 Å². The third kappa shape index (κ3) is 4.39. The number of benzene rings is 2. The Balaban J connectivity index is 2.23. The summed E-state index contributed by atoms with van der Waals surface area (Å²) in [5, 5.41) is 0. The smallest absolute Gasteiger partial charge is 0.339 e. The topological polar surface area (TPSA) is 44.8 Å². The molecule has 0 aromatic heterocycles. The van der Waals surface area contributed by atoms with Gasteiger partial charge in [0.1, 0.15) is 5.75 Å². The van der Waals surface area contributed by atoms with E-state index in [1.54, 1.807) is 7.11 Å². The van der Waals surface area contributed by atoms with Crippen LogP contribution in [-0.4, -0.2) is 25.8 Å². The van der Waals surface area contributed by atoms with E-state index < -0.39 is 11.7 Å². The van der Waals surface area contributed by atoms with Gasteiger partial charge in [0.05, 0.1) is 19.8 Å². The number of hydrogen-bond donors (Lipinski definition) is 0. The lowest BCUT2D eigenvalue weighted by atomic mass is 9.86. The second-order valence-electron chi connectivity index (χ2n) is 8.40. The molecule has 1 aliphatic rings. The highest BCUT2D eigenvalue weighted by Gasteiger charge is 2.35. The van der Waals surface area contributed by atoms with Crippen molar-refractivity contribution in [2.45, 2.75) is 58.2 Å². The highest BCUT2D eigenvalue weighted by Crippen LogP contribution is 2.48. The molecular weight excluding hydrogens is 352 g/mol. The highest BCUT2D eigenvalue weighted by atomic mass is 16.6. The minimum Gasteiger partial charge on any atom is -0.497 e. The Hall–Kier alpha value is -2.33. The van der Waals surface area contributed by atoms with Crippen LogP contribution in [0.4, 0.5) is 0 Å². The number of ether oxygens (including phenoxy) is 3. The molecule has 2 aromatic carbocycles. The number of esters is 1. The van der Waals surface area contributed by atoms with Gasteiger partial charge in [0.25, 0.3) is 0 Å². The van der Waals surface area contributed by atoms with E-state index in [-0.39, 0.29) is 5.97 Å². The fourth-order valence-electron chi connectivity index (χ4n) is 3.58. The molecule has 2 aromatic rings. The summed E-state index contributed by atoms with van der Waals surface area (Å²) in [7, 11) is 3.07. The van der Waals surface area contributed by atoms with Crippen molar-refractivity contribution in [3.63, 3.8) is 0 Å². The molecule has 1 fully saturated rings. The van der Waals surface area contributed by atoms with E-state index in [0.29, 0.717) is 5.92 Å². The molecule has 1 saturated carbocycles. The molecule has 0 bridgehead atoms. The monoisotopic (exact) mass is 382 g/mol. The first-order chi connectivity index (χ1) is 13.2. The lowest BCUT2D eigenvalue weighted by Gasteiger charge is -2.29. The molecule has 0 saturated heterocycles. The number of aryl methyl sites for hydroxylation is 1.